The first kappa shape index (κ1) is 18.1. The molecular formula is C20H20N2O3S. The fraction of sp³-hybridized carbons (Fsp3) is 0.200. The highest BCUT2D eigenvalue weighted by atomic mass is 32.2. The standard InChI is InChI=1S/C20H20N2O3S/c23-19(21-10-11-26-14-15-6-2-1-3-7-15)13-25-20(24)17-12-22-18-9-5-4-8-16(17)18/h1-9,12,22H,10-11,13-14H2,(H,21,23). The first-order valence-electron chi connectivity index (χ1n) is 8.35. The fourth-order valence-corrected chi connectivity index (χ4v) is 3.35. The monoisotopic (exact) mass is 368 g/mol. The highest BCUT2D eigenvalue weighted by molar-refractivity contribution is 7.98. The smallest absolute Gasteiger partial charge is 0.340 e. The van der Waals surface area contributed by atoms with Crippen LogP contribution in [0.3, 0.4) is 0 Å². The minimum Gasteiger partial charge on any atom is -0.452 e. The molecule has 3 aromatic rings. The SMILES string of the molecule is O=C(COC(=O)c1c[nH]c2ccccc12)NCCSCc1ccccc1. The van der Waals surface area contributed by atoms with E-state index in [9.17, 15) is 9.59 Å². The molecule has 5 nitrogen and oxygen atoms in total. The van der Waals surface area contributed by atoms with Gasteiger partial charge in [0, 0.05) is 35.2 Å². The van der Waals surface area contributed by atoms with Crippen LogP contribution in [-0.4, -0.2) is 35.8 Å². The Bertz CT molecular complexity index is 877. The predicted molar refractivity (Wildman–Crippen MR) is 104 cm³/mol. The van der Waals surface area contributed by atoms with Crippen LogP contribution in [0, 0.1) is 0 Å². The number of ether oxygens (including phenoxy) is 1. The topological polar surface area (TPSA) is 71.2 Å². The Kier molecular flexibility index (Phi) is 6.33. The van der Waals surface area contributed by atoms with Crippen molar-refractivity contribution < 1.29 is 14.3 Å². The Morgan fingerprint density at radius 2 is 1.81 bits per heavy atom. The van der Waals surface area contributed by atoms with Crippen molar-refractivity contribution >= 4 is 34.5 Å². The number of hydrogen-bond acceptors (Lipinski definition) is 4. The lowest BCUT2D eigenvalue weighted by molar-refractivity contribution is -0.124. The van der Waals surface area contributed by atoms with Crippen molar-refractivity contribution in [2.75, 3.05) is 18.9 Å². The Balaban J connectivity index is 1.35. The molecule has 1 aromatic heterocycles. The second-order valence-electron chi connectivity index (χ2n) is 5.71. The van der Waals surface area contributed by atoms with Crippen LogP contribution in [0.25, 0.3) is 10.9 Å². The zero-order valence-corrected chi connectivity index (χ0v) is 15.1. The molecule has 0 radical (unpaired) electrons. The quantitative estimate of drug-likeness (QED) is 0.472. The van der Waals surface area contributed by atoms with Gasteiger partial charge in [0.15, 0.2) is 6.61 Å². The van der Waals surface area contributed by atoms with Crippen molar-refractivity contribution in [1.29, 1.82) is 0 Å². The molecule has 1 amide bonds. The maximum atomic E-state index is 12.1. The van der Waals surface area contributed by atoms with Gasteiger partial charge in [0.05, 0.1) is 5.56 Å². The van der Waals surface area contributed by atoms with Gasteiger partial charge in [-0.3, -0.25) is 4.79 Å². The number of carbonyl (C=O) groups is 2. The van der Waals surface area contributed by atoms with E-state index >= 15 is 0 Å². The molecule has 0 aliphatic rings. The first-order chi connectivity index (χ1) is 12.7. The molecule has 0 aliphatic heterocycles. The second-order valence-corrected chi connectivity index (χ2v) is 6.82. The maximum absolute atomic E-state index is 12.1. The third kappa shape index (κ3) is 4.89. The van der Waals surface area contributed by atoms with Gasteiger partial charge in [-0.25, -0.2) is 4.79 Å². The number of benzene rings is 2. The molecule has 134 valence electrons. The number of nitrogens with one attached hydrogen (secondary N) is 2. The van der Waals surface area contributed by atoms with E-state index in [0.717, 1.165) is 22.4 Å². The number of hydrogen-bond donors (Lipinski definition) is 2. The molecule has 0 spiro atoms. The van der Waals surface area contributed by atoms with Crippen molar-refractivity contribution in [3.8, 4) is 0 Å². The molecule has 0 atom stereocenters. The average Bonchev–Trinajstić information content (AvgIpc) is 3.11. The van der Waals surface area contributed by atoms with E-state index in [0.29, 0.717) is 12.1 Å². The Morgan fingerprint density at radius 3 is 2.65 bits per heavy atom. The van der Waals surface area contributed by atoms with Crippen molar-refractivity contribution in [3.63, 3.8) is 0 Å². The Labute approximate surface area is 156 Å². The third-order valence-corrected chi connectivity index (χ3v) is 4.85. The fourth-order valence-electron chi connectivity index (χ4n) is 2.53. The van der Waals surface area contributed by atoms with Gasteiger partial charge in [-0.2, -0.15) is 11.8 Å². The summed E-state index contributed by atoms with van der Waals surface area (Å²) in [4.78, 5) is 27.0. The Hall–Kier alpha value is -2.73. The number of thioether (sulfide) groups is 1. The molecule has 0 aliphatic carbocycles. The molecule has 1 heterocycles. The van der Waals surface area contributed by atoms with Crippen molar-refractivity contribution in [3.05, 3.63) is 71.9 Å². The van der Waals surface area contributed by atoms with Crippen LogP contribution in [0.4, 0.5) is 0 Å². The van der Waals surface area contributed by atoms with Gasteiger partial charge in [-0.05, 0) is 11.6 Å². The lowest BCUT2D eigenvalue weighted by Gasteiger charge is -2.06. The minimum atomic E-state index is -0.504. The van der Waals surface area contributed by atoms with Crippen molar-refractivity contribution in [1.82, 2.24) is 10.3 Å². The van der Waals surface area contributed by atoms with Crippen LogP contribution < -0.4 is 5.32 Å². The number of H-pyrrole nitrogens is 1. The van der Waals surface area contributed by atoms with E-state index in [4.69, 9.17) is 4.74 Å². The largest absolute Gasteiger partial charge is 0.452 e. The van der Waals surface area contributed by atoms with Gasteiger partial charge < -0.3 is 15.0 Å². The number of amides is 1. The van der Waals surface area contributed by atoms with Crippen LogP contribution in [0.5, 0.6) is 0 Å². The average molecular weight is 368 g/mol. The van der Waals surface area contributed by atoms with Gasteiger partial charge in [0.1, 0.15) is 0 Å². The summed E-state index contributed by atoms with van der Waals surface area (Å²) in [6.45, 7) is 0.267. The third-order valence-electron chi connectivity index (χ3n) is 3.82. The van der Waals surface area contributed by atoms with Crippen molar-refractivity contribution in [2.24, 2.45) is 0 Å². The summed E-state index contributed by atoms with van der Waals surface area (Å²) >= 11 is 1.75. The molecule has 2 N–H and O–H groups in total. The van der Waals surface area contributed by atoms with Crippen LogP contribution in [0.1, 0.15) is 15.9 Å². The van der Waals surface area contributed by atoms with E-state index < -0.39 is 5.97 Å². The van der Waals surface area contributed by atoms with Crippen LogP contribution in [0.15, 0.2) is 60.8 Å². The first-order valence-corrected chi connectivity index (χ1v) is 9.51. The van der Waals surface area contributed by atoms with Crippen LogP contribution in [-0.2, 0) is 15.3 Å². The van der Waals surface area contributed by atoms with Crippen LogP contribution >= 0.6 is 11.8 Å². The summed E-state index contributed by atoms with van der Waals surface area (Å²) in [5.41, 5.74) is 2.56. The minimum absolute atomic E-state index is 0.276. The van der Waals surface area contributed by atoms with Crippen LogP contribution in [0.2, 0.25) is 0 Å². The van der Waals surface area contributed by atoms with Gasteiger partial charge in [-0.15, -0.1) is 0 Å². The zero-order valence-electron chi connectivity index (χ0n) is 14.2. The summed E-state index contributed by atoms with van der Waals surface area (Å²) in [7, 11) is 0. The van der Waals surface area contributed by atoms with Gasteiger partial charge >= 0.3 is 5.97 Å². The lowest BCUT2D eigenvalue weighted by Crippen LogP contribution is -2.30. The molecule has 0 saturated carbocycles. The summed E-state index contributed by atoms with van der Waals surface area (Å²) in [6.07, 6.45) is 1.60. The van der Waals surface area contributed by atoms with E-state index in [1.54, 1.807) is 18.0 Å². The molecule has 0 fully saturated rings. The molecule has 0 bridgehead atoms. The molecule has 0 unspecified atom stereocenters. The molecular weight excluding hydrogens is 348 g/mol. The van der Waals surface area contributed by atoms with Gasteiger partial charge in [-0.1, -0.05) is 48.5 Å². The van der Waals surface area contributed by atoms with Gasteiger partial charge in [0.25, 0.3) is 5.91 Å². The number of para-hydroxylation sites is 1. The highest BCUT2D eigenvalue weighted by Gasteiger charge is 2.14. The van der Waals surface area contributed by atoms with Gasteiger partial charge in [0.2, 0.25) is 0 Å². The summed E-state index contributed by atoms with van der Waals surface area (Å²) in [6, 6.07) is 17.6. The number of esters is 1. The summed E-state index contributed by atoms with van der Waals surface area (Å²) in [5, 5.41) is 3.55. The normalized spacial score (nSPS) is 10.6. The summed E-state index contributed by atoms with van der Waals surface area (Å²) in [5.74, 6) is 0.915. The molecule has 2 aromatic carbocycles. The van der Waals surface area contributed by atoms with E-state index in [1.165, 1.54) is 5.56 Å². The number of carbonyl (C=O) groups excluding carboxylic acids is 2. The molecule has 0 saturated heterocycles. The number of aromatic amines is 1. The molecule has 3 rings (SSSR count). The lowest BCUT2D eigenvalue weighted by atomic mass is 10.2. The Morgan fingerprint density at radius 1 is 1.04 bits per heavy atom. The number of rotatable bonds is 8. The van der Waals surface area contributed by atoms with Crippen molar-refractivity contribution in [2.45, 2.75) is 5.75 Å². The zero-order chi connectivity index (χ0) is 18.2. The maximum Gasteiger partial charge on any atom is 0.340 e. The number of aromatic nitrogens is 1. The predicted octanol–water partition coefficient (Wildman–Crippen LogP) is 3.37. The highest BCUT2D eigenvalue weighted by Crippen LogP contribution is 2.18. The molecule has 6 heteroatoms. The van der Waals surface area contributed by atoms with E-state index in [2.05, 4.69) is 22.4 Å². The second kappa shape index (κ2) is 9.10. The van der Waals surface area contributed by atoms with E-state index in [1.807, 2.05) is 42.5 Å². The van der Waals surface area contributed by atoms with E-state index in [-0.39, 0.29) is 12.5 Å². The molecule has 26 heavy (non-hydrogen) atoms. The number of fused-ring (bicyclic) bond motifs is 1. The summed E-state index contributed by atoms with van der Waals surface area (Å²) < 4.78 is 5.10.